The highest BCUT2D eigenvalue weighted by molar-refractivity contribution is 5.55. The maximum atomic E-state index is 5.56. The second-order valence-electron chi connectivity index (χ2n) is 4.85. The second-order valence-corrected chi connectivity index (χ2v) is 4.85. The van der Waals surface area contributed by atoms with Gasteiger partial charge in [-0.2, -0.15) is 0 Å². The van der Waals surface area contributed by atoms with Gasteiger partial charge in [0.15, 0.2) is 11.5 Å². The molecule has 0 bridgehead atoms. The monoisotopic (exact) mass is 265 g/mol. The van der Waals surface area contributed by atoms with Crippen molar-refractivity contribution < 1.29 is 14.2 Å². The fourth-order valence-electron chi connectivity index (χ4n) is 2.40. The van der Waals surface area contributed by atoms with Crippen LogP contribution in [0.2, 0.25) is 0 Å². The van der Waals surface area contributed by atoms with Crippen molar-refractivity contribution in [2.24, 2.45) is 0 Å². The fourth-order valence-corrected chi connectivity index (χ4v) is 2.40. The number of nitrogens with one attached hydrogen (secondary N) is 1. The zero-order valence-electron chi connectivity index (χ0n) is 11.9. The van der Waals surface area contributed by atoms with Crippen LogP contribution in [0.3, 0.4) is 0 Å². The molecule has 0 spiro atoms. The van der Waals surface area contributed by atoms with E-state index in [-0.39, 0.29) is 0 Å². The molecule has 1 aliphatic heterocycles. The highest BCUT2D eigenvalue weighted by Gasteiger charge is 2.19. The molecule has 4 nitrogen and oxygen atoms in total. The van der Waals surface area contributed by atoms with Crippen molar-refractivity contribution >= 4 is 5.69 Å². The summed E-state index contributed by atoms with van der Waals surface area (Å²) in [7, 11) is 1.66. The standard InChI is InChI=1S/C15H23NO3/c1-4-18-14-6-5-12(10-15(14)17-3)16-13-7-8-19-11(2)9-13/h5-6,10-11,13,16H,4,7-9H2,1-3H3. The molecule has 1 fully saturated rings. The van der Waals surface area contributed by atoms with Crippen LogP contribution in [0.25, 0.3) is 0 Å². The Morgan fingerprint density at radius 2 is 2.21 bits per heavy atom. The quantitative estimate of drug-likeness (QED) is 0.888. The first-order valence-corrected chi connectivity index (χ1v) is 6.92. The highest BCUT2D eigenvalue weighted by Crippen LogP contribution is 2.31. The van der Waals surface area contributed by atoms with Crippen LogP contribution >= 0.6 is 0 Å². The summed E-state index contributed by atoms with van der Waals surface area (Å²) in [4.78, 5) is 0. The smallest absolute Gasteiger partial charge is 0.162 e. The van der Waals surface area contributed by atoms with Crippen LogP contribution in [0.4, 0.5) is 5.69 Å². The Hall–Kier alpha value is -1.42. The third kappa shape index (κ3) is 3.77. The molecule has 106 valence electrons. The van der Waals surface area contributed by atoms with E-state index in [0.717, 1.165) is 36.6 Å². The predicted octanol–water partition coefficient (Wildman–Crippen LogP) is 3.07. The normalized spacial score (nSPS) is 22.9. The molecule has 1 heterocycles. The second kappa shape index (κ2) is 6.66. The fraction of sp³-hybridized carbons (Fsp3) is 0.600. The number of methoxy groups -OCH3 is 1. The molecule has 2 rings (SSSR count). The van der Waals surface area contributed by atoms with Gasteiger partial charge in [-0.05, 0) is 38.8 Å². The van der Waals surface area contributed by atoms with Gasteiger partial charge in [0.05, 0.1) is 19.8 Å². The number of hydrogen-bond acceptors (Lipinski definition) is 4. The van der Waals surface area contributed by atoms with Crippen molar-refractivity contribution in [3.05, 3.63) is 18.2 Å². The van der Waals surface area contributed by atoms with Crippen molar-refractivity contribution in [3.8, 4) is 11.5 Å². The molecular formula is C15H23NO3. The van der Waals surface area contributed by atoms with Crippen LogP contribution < -0.4 is 14.8 Å². The van der Waals surface area contributed by atoms with Crippen LogP contribution in [0, 0.1) is 0 Å². The Morgan fingerprint density at radius 3 is 2.89 bits per heavy atom. The molecule has 0 amide bonds. The molecule has 4 heteroatoms. The lowest BCUT2D eigenvalue weighted by Gasteiger charge is -2.28. The molecule has 1 aromatic carbocycles. The summed E-state index contributed by atoms with van der Waals surface area (Å²) in [5.74, 6) is 1.56. The van der Waals surface area contributed by atoms with Crippen molar-refractivity contribution in [2.45, 2.75) is 38.8 Å². The lowest BCUT2D eigenvalue weighted by molar-refractivity contribution is 0.0232. The van der Waals surface area contributed by atoms with E-state index in [2.05, 4.69) is 12.2 Å². The molecule has 1 N–H and O–H groups in total. The van der Waals surface area contributed by atoms with Crippen LogP contribution in [-0.4, -0.2) is 32.5 Å². The Bertz CT molecular complexity index is 408. The Balaban J connectivity index is 2.04. The summed E-state index contributed by atoms with van der Waals surface area (Å²) in [5, 5.41) is 3.54. The van der Waals surface area contributed by atoms with Crippen LogP contribution in [0.1, 0.15) is 26.7 Å². The predicted molar refractivity (Wildman–Crippen MR) is 76.2 cm³/mol. The molecule has 2 unspecified atom stereocenters. The zero-order chi connectivity index (χ0) is 13.7. The van der Waals surface area contributed by atoms with E-state index in [1.165, 1.54) is 0 Å². The maximum absolute atomic E-state index is 5.56. The largest absolute Gasteiger partial charge is 0.493 e. The molecular weight excluding hydrogens is 242 g/mol. The van der Waals surface area contributed by atoms with Gasteiger partial charge in [0.2, 0.25) is 0 Å². The van der Waals surface area contributed by atoms with Crippen molar-refractivity contribution in [1.82, 2.24) is 0 Å². The molecule has 1 aliphatic rings. The Labute approximate surface area is 115 Å². The lowest BCUT2D eigenvalue weighted by Crippen LogP contribution is -2.32. The number of hydrogen-bond donors (Lipinski definition) is 1. The Morgan fingerprint density at radius 1 is 1.37 bits per heavy atom. The third-order valence-corrected chi connectivity index (χ3v) is 3.32. The van der Waals surface area contributed by atoms with E-state index >= 15 is 0 Å². The number of anilines is 1. The summed E-state index contributed by atoms with van der Waals surface area (Å²) in [5.41, 5.74) is 1.07. The van der Waals surface area contributed by atoms with Gasteiger partial charge in [-0.15, -0.1) is 0 Å². The summed E-state index contributed by atoms with van der Waals surface area (Å²) in [6, 6.07) is 6.44. The maximum Gasteiger partial charge on any atom is 0.162 e. The van der Waals surface area contributed by atoms with E-state index in [1.54, 1.807) is 7.11 Å². The van der Waals surface area contributed by atoms with Gasteiger partial charge < -0.3 is 19.5 Å². The molecule has 0 aliphatic carbocycles. The first-order chi connectivity index (χ1) is 9.22. The molecule has 0 saturated carbocycles. The minimum Gasteiger partial charge on any atom is -0.493 e. The zero-order valence-corrected chi connectivity index (χ0v) is 11.9. The van der Waals surface area contributed by atoms with Crippen LogP contribution in [0.15, 0.2) is 18.2 Å². The van der Waals surface area contributed by atoms with E-state index in [1.807, 2.05) is 25.1 Å². The van der Waals surface area contributed by atoms with Gasteiger partial charge in [0.1, 0.15) is 0 Å². The van der Waals surface area contributed by atoms with Gasteiger partial charge in [-0.3, -0.25) is 0 Å². The molecule has 2 atom stereocenters. The van der Waals surface area contributed by atoms with Gasteiger partial charge in [-0.25, -0.2) is 0 Å². The molecule has 0 radical (unpaired) electrons. The van der Waals surface area contributed by atoms with E-state index in [0.29, 0.717) is 18.8 Å². The number of ether oxygens (including phenoxy) is 3. The van der Waals surface area contributed by atoms with Crippen molar-refractivity contribution in [1.29, 1.82) is 0 Å². The number of benzene rings is 1. The van der Waals surface area contributed by atoms with Crippen molar-refractivity contribution in [2.75, 3.05) is 25.6 Å². The van der Waals surface area contributed by atoms with E-state index in [4.69, 9.17) is 14.2 Å². The van der Waals surface area contributed by atoms with Crippen LogP contribution in [0.5, 0.6) is 11.5 Å². The summed E-state index contributed by atoms with van der Waals surface area (Å²) in [6.07, 6.45) is 2.41. The van der Waals surface area contributed by atoms with Gasteiger partial charge in [0.25, 0.3) is 0 Å². The van der Waals surface area contributed by atoms with Gasteiger partial charge in [-0.1, -0.05) is 0 Å². The van der Waals surface area contributed by atoms with E-state index in [9.17, 15) is 0 Å². The summed E-state index contributed by atoms with van der Waals surface area (Å²) < 4.78 is 16.4. The summed E-state index contributed by atoms with van der Waals surface area (Å²) >= 11 is 0. The lowest BCUT2D eigenvalue weighted by atomic mass is 10.0. The SMILES string of the molecule is CCOc1ccc(NC2CCOC(C)C2)cc1OC. The Kier molecular flexibility index (Phi) is 4.91. The average Bonchev–Trinajstić information content (AvgIpc) is 2.41. The molecule has 1 aromatic rings. The van der Waals surface area contributed by atoms with Crippen LogP contribution in [-0.2, 0) is 4.74 Å². The number of rotatable bonds is 5. The van der Waals surface area contributed by atoms with Gasteiger partial charge in [0, 0.05) is 24.4 Å². The minimum absolute atomic E-state index is 0.329. The van der Waals surface area contributed by atoms with Crippen molar-refractivity contribution in [3.63, 3.8) is 0 Å². The molecule has 0 aromatic heterocycles. The summed E-state index contributed by atoms with van der Waals surface area (Å²) in [6.45, 7) is 5.55. The topological polar surface area (TPSA) is 39.7 Å². The molecule has 1 saturated heterocycles. The highest BCUT2D eigenvalue weighted by atomic mass is 16.5. The molecule has 19 heavy (non-hydrogen) atoms. The third-order valence-electron chi connectivity index (χ3n) is 3.32. The first kappa shape index (κ1) is 14.0. The van der Waals surface area contributed by atoms with Gasteiger partial charge >= 0.3 is 0 Å². The first-order valence-electron chi connectivity index (χ1n) is 6.92. The minimum atomic E-state index is 0.329. The average molecular weight is 265 g/mol. The van der Waals surface area contributed by atoms with E-state index < -0.39 is 0 Å².